The third-order valence-corrected chi connectivity index (χ3v) is 4.04. The van der Waals surface area contributed by atoms with Gasteiger partial charge < -0.3 is 15.7 Å². The lowest BCUT2D eigenvalue weighted by atomic mass is 9.98. The lowest BCUT2D eigenvalue weighted by molar-refractivity contribution is 0.0786. The van der Waals surface area contributed by atoms with Crippen molar-refractivity contribution >= 4 is 17.3 Å². The van der Waals surface area contributed by atoms with Crippen LogP contribution in [0, 0.1) is 0 Å². The van der Waals surface area contributed by atoms with Gasteiger partial charge in [-0.05, 0) is 45.4 Å². The number of benzene rings is 2. The van der Waals surface area contributed by atoms with Crippen molar-refractivity contribution in [3.63, 3.8) is 0 Å². The zero-order valence-corrected chi connectivity index (χ0v) is 16.2. The Morgan fingerprint density at radius 3 is 2.26 bits per heavy atom. The molecule has 5 heteroatoms. The molecule has 0 radical (unpaired) electrons. The van der Waals surface area contributed by atoms with Crippen LogP contribution >= 0.6 is 0 Å². The van der Waals surface area contributed by atoms with Gasteiger partial charge in [-0.3, -0.25) is 0 Å². The molecule has 5 nitrogen and oxygen atoms in total. The molecular formula is C22H26N4O. The van der Waals surface area contributed by atoms with E-state index in [1.807, 2.05) is 60.7 Å². The minimum absolute atomic E-state index is 0.259. The van der Waals surface area contributed by atoms with Gasteiger partial charge in [0.05, 0.1) is 5.60 Å². The van der Waals surface area contributed by atoms with Crippen molar-refractivity contribution in [3.8, 4) is 11.4 Å². The number of aliphatic hydroxyl groups is 1. The van der Waals surface area contributed by atoms with Crippen molar-refractivity contribution in [2.45, 2.75) is 39.3 Å². The van der Waals surface area contributed by atoms with E-state index in [2.05, 4.69) is 34.4 Å². The maximum Gasteiger partial charge on any atom is 0.163 e. The van der Waals surface area contributed by atoms with Crippen LogP contribution in [0.25, 0.3) is 11.4 Å². The summed E-state index contributed by atoms with van der Waals surface area (Å²) >= 11 is 0. The van der Waals surface area contributed by atoms with Gasteiger partial charge in [-0.1, -0.05) is 42.5 Å². The Morgan fingerprint density at radius 1 is 0.889 bits per heavy atom. The fraction of sp³-hybridized carbons (Fsp3) is 0.273. The summed E-state index contributed by atoms with van der Waals surface area (Å²) in [6.07, 6.45) is 0. The van der Waals surface area contributed by atoms with E-state index in [1.54, 1.807) is 13.8 Å². The van der Waals surface area contributed by atoms with Crippen LogP contribution < -0.4 is 10.6 Å². The summed E-state index contributed by atoms with van der Waals surface area (Å²) in [6, 6.07) is 19.8. The molecule has 0 aliphatic heterocycles. The molecule has 0 atom stereocenters. The highest BCUT2D eigenvalue weighted by Gasteiger charge is 2.16. The maximum absolute atomic E-state index is 10.3. The first kappa shape index (κ1) is 18.9. The van der Waals surface area contributed by atoms with Crippen LogP contribution in [-0.4, -0.2) is 21.1 Å². The van der Waals surface area contributed by atoms with Crippen molar-refractivity contribution in [2.75, 3.05) is 10.6 Å². The van der Waals surface area contributed by atoms with Gasteiger partial charge >= 0.3 is 0 Å². The van der Waals surface area contributed by atoms with E-state index in [0.717, 1.165) is 22.6 Å². The monoisotopic (exact) mass is 362 g/mol. The average molecular weight is 362 g/mol. The maximum atomic E-state index is 10.3. The van der Waals surface area contributed by atoms with Crippen molar-refractivity contribution in [2.24, 2.45) is 0 Å². The number of aromatic nitrogens is 2. The van der Waals surface area contributed by atoms with Crippen LogP contribution in [-0.2, 0) is 5.60 Å². The molecule has 3 N–H and O–H groups in total. The minimum Gasteiger partial charge on any atom is -0.386 e. The molecular weight excluding hydrogens is 336 g/mol. The highest BCUT2D eigenvalue weighted by molar-refractivity contribution is 5.65. The Labute approximate surface area is 160 Å². The van der Waals surface area contributed by atoms with Crippen molar-refractivity contribution < 1.29 is 5.11 Å². The molecule has 0 unspecified atom stereocenters. The molecule has 0 saturated carbocycles. The molecule has 0 amide bonds. The van der Waals surface area contributed by atoms with Crippen LogP contribution in [0.5, 0.6) is 0 Å². The lowest BCUT2D eigenvalue weighted by Crippen LogP contribution is -2.15. The molecule has 0 fully saturated rings. The number of rotatable bonds is 6. The van der Waals surface area contributed by atoms with Crippen LogP contribution in [0.4, 0.5) is 17.3 Å². The Morgan fingerprint density at radius 2 is 1.59 bits per heavy atom. The first-order chi connectivity index (χ1) is 12.8. The topological polar surface area (TPSA) is 70.1 Å². The van der Waals surface area contributed by atoms with E-state index in [-0.39, 0.29) is 6.04 Å². The molecule has 1 aromatic heterocycles. The molecule has 2 aromatic carbocycles. The fourth-order valence-corrected chi connectivity index (χ4v) is 2.72. The third kappa shape index (κ3) is 5.05. The number of nitrogens with one attached hydrogen (secondary N) is 2. The summed E-state index contributed by atoms with van der Waals surface area (Å²) < 4.78 is 0. The Bertz CT molecular complexity index is 902. The third-order valence-electron chi connectivity index (χ3n) is 4.04. The zero-order valence-electron chi connectivity index (χ0n) is 16.2. The standard InChI is InChI=1S/C22H26N4O/c1-15(2)23-19-14-20(26-21(25-19)16-9-6-5-7-10-16)24-18-12-8-11-17(13-18)22(3,4)27/h5-15,27H,1-4H3,(H2,23,24,25,26). The number of anilines is 3. The highest BCUT2D eigenvalue weighted by Crippen LogP contribution is 2.26. The second-order valence-corrected chi connectivity index (χ2v) is 7.39. The quantitative estimate of drug-likeness (QED) is 0.580. The second kappa shape index (κ2) is 7.76. The van der Waals surface area contributed by atoms with Gasteiger partial charge in [0, 0.05) is 23.4 Å². The molecule has 1 heterocycles. The van der Waals surface area contributed by atoms with E-state index in [9.17, 15) is 5.11 Å². The number of hydrogen-bond acceptors (Lipinski definition) is 5. The summed E-state index contributed by atoms with van der Waals surface area (Å²) in [5.74, 6) is 2.11. The van der Waals surface area contributed by atoms with Gasteiger partial charge in [-0.2, -0.15) is 0 Å². The largest absolute Gasteiger partial charge is 0.386 e. The average Bonchev–Trinajstić information content (AvgIpc) is 2.61. The number of hydrogen-bond donors (Lipinski definition) is 3. The summed E-state index contributed by atoms with van der Waals surface area (Å²) in [4.78, 5) is 9.31. The predicted molar refractivity (Wildman–Crippen MR) is 111 cm³/mol. The Kier molecular flexibility index (Phi) is 5.42. The summed E-state index contributed by atoms with van der Waals surface area (Å²) in [6.45, 7) is 7.69. The van der Waals surface area contributed by atoms with Gasteiger partial charge in [0.15, 0.2) is 5.82 Å². The zero-order chi connectivity index (χ0) is 19.4. The molecule has 0 aliphatic carbocycles. The van der Waals surface area contributed by atoms with E-state index >= 15 is 0 Å². The van der Waals surface area contributed by atoms with Gasteiger partial charge in [-0.15, -0.1) is 0 Å². The smallest absolute Gasteiger partial charge is 0.163 e. The van der Waals surface area contributed by atoms with Crippen molar-refractivity contribution in [1.82, 2.24) is 9.97 Å². The normalized spacial score (nSPS) is 11.5. The van der Waals surface area contributed by atoms with Crippen LogP contribution in [0.2, 0.25) is 0 Å². The predicted octanol–water partition coefficient (Wildman–Crippen LogP) is 4.93. The SMILES string of the molecule is CC(C)Nc1cc(Nc2cccc(C(C)(C)O)c2)nc(-c2ccccc2)n1. The summed E-state index contributed by atoms with van der Waals surface area (Å²) in [5, 5.41) is 16.9. The first-order valence-corrected chi connectivity index (χ1v) is 9.12. The first-order valence-electron chi connectivity index (χ1n) is 9.12. The summed E-state index contributed by atoms with van der Waals surface area (Å²) in [5.41, 5.74) is 1.76. The lowest BCUT2D eigenvalue weighted by Gasteiger charge is -2.19. The highest BCUT2D eigenvalue weighted by atomic mass is 16.3. The molecule has 0 bridgehead atoms. The molecule has 27 heavy (non-hydrogen) atoms. The molecule has 140 valence electrons. The van der Waals surface area contributed by atoms with Gasteiger partial charge in [0.2, 0.25) is 0 Å². The summed E-state index contributed by atoms with van der Waals surface area (Å²) in [7, 11) is 0. The molecule has 3 aromatic rings. The van der Waals surface area contributed by atoms with Crippen LogP contribution in [0.15, 0.2) is 60.7 Å². The van der Waals surface area contributed by atoms with E-state index in [0.29, 0.717) is 11.6 Å². The Balaban J connectivity index is 1.97. The van der Waals surface area contributed by atoms with Crippen molar-refractivity contribution in [1.29, 1.82) is 0 Å². The van der Waals surface area contributed by atoms with Gasteiger partial charge in [-0.25, -0.2) is 9.97 Å². The minimum atomic E-state index is -0.900. The van der Waals surface area contributed by atoms with Gasteiger partial charge in [0.1, 0.15) is 11.6 Å². The molecule has 3 rings (SSSR count). The van der Waals surface area contributed by atoms with Crippen molar-refractivity contribution in [3.05, 3.63) is 66.2 Å². The Hall–Kier alpha value is -2.92. The van der Waals surface area contributed by atoms with Crippen LogP contribution in [0.1, 0.15) is 33.3 Å². The fourth-order valence-electron chi connectivity index (χ4n) is 2.72. The molecule has 0 aliphatic rings. The molecule has 0 saturated heterocycles. The molecule has 0 spiro atoms. The van der Waals surface area contributed by atoms with Crippen LogP contribution in [0.3, 0.4) is 0 Å². The van der Waals surface area contributed by atoms with E-state index in [4.69, 9.17) is 0 Å². The van der Waals surface area contributed by atoms with E-state index in [1.165, 1.54) is 0 Å². The van der Waals surface area contributed by atoms with Gasteiger partial charge in [0.25, 0.3) is 0 Å². The number of nitrogens with zero attached hydrogens (tertiary/aromatic N) is 2. The van der Waals surface area contributed by atoms with E-state index < -0.39 is 5.60 Å². The second-order valence-electron chi connectivity index (χ2n) is 7.39.